The highest BCUT2D eigenvalue weighted by Gasteiger charge is 2.25. The molecule has 4 rings (SSSR count). The van der Waals surface area contributed by atoms with Crippen LogP contribution in [0, 0.1) is 0 Å². The van der Waals surface area contributed by atoms with E-state index in [4.69, 9.17) is 4.42 Å². The number of benzene rings is 2. The Kier molecular flexibility index (Phi) is 5.84. The molecule has 144 valence electrons. The number of carbonyl (C=O) groups is 1. The van der Waals surface area contributed by atoms with Gasteiger partial charge in [-0.2, -0.15) is 0 Å². The molecule has 2 aromatic carbocycles. The lowest BCUT2D eigenvalue weighted by Gasteiger charge is -2.24. The van der Waals surface area contributed by atoms with Crippen molar-refractivity contribution in [3.8, 4) is 0 Å². The predicted molar refractivity (Wildman–Crippen MR) is 114 cm³/mol. The maximum atomic E-state index is 13.1. The van der Waals surface area contributed by atoms with Gasteiger partial charge in [0.1, 0.15) is 5.76 Å². The Morgan fingerprint density at radius 1 is 1.14 bits per heavy atom. The molecule has 0 aliphatic carbocycles. The number of para-hydroxylation sites is 1. The second kappa shape index (κ2) is 8.67. The number of amides is 1. The van der Waals surface area contributed by atoms with Crippen LogP contribution in [0.3, 0.4) is 0 Å². The quantitative estimate of drug-likeness (QED) is 0.672. The minimum atomic E-state index is -0.157. The van der Waals surface area contributed by atoms with Crippen LogP contribution in [0.5, 0.6) is 0 Å². The molecule has 0 unspecified atom stereocenters. The van der Waals surface area contributed by atoms with Gasteiger partial charge in [0.05, 0.1) is 24.5 Å². The highest BCUT2D eigenvalue weighted by molar-refractivity contribution is 8.00. The van der Waals surface area contributed by atoms with E-state index >= 15 is 0 Å². The molecule has 0 radical (unpaired) electrons. The first-order chi connectivity index (χ1) is 13.7. The van der Waals surface area contributed by atoms with E-state index in [9.17, 15) is 4.79 Å². The Hall–Kier alpha value is -2.50. The van der Waals surface area contributed by atoms with Crippen molar-refractivity contribution in [3.05, 3.63) is 84.3 Å². The third-order valence-corrected chi connectivity index (χ3v) is 6.20. The van der Waals surface area contributed by atoms with Crippen LogP contribution in [-0.2, 0) is 4.79 Å². The van der Waals surface area contributed by atoms with Crippen LogP contribution in [0.2, 0.25) is 0 Å². The van der Waals surface area contributed by atoms with Crippen molar-refractivity contribution in [2.45, 2.75) is 29.5 Å². The van der Waals surface area contributed by atoms with Gasteiger partial charge < -0.3 is 9.32 Å². The number of rotatable bonds is 5. The molecule has 28 heavy (non-hydrogen) atoms. The molecule has 0 fully saturated rings. The van der Waals surface area contributed by atoms with Gasteiger partial charge >= 0.3 is 0 Å². The summed E-state index contributed by atoms with van der Waals surface area (Å²) in [6.45, 7) is 3.20. The van der Waals surface area contributed by atoms with E-state index in [1.807, 2.05) is 77.3 Å². The number of anilines is 1. The monoisotopic (exact) mass is 392 g/mol. The molecule has 2 heterocycles. The summed E-state index contributed by atoms with van der Waals surface area (Å²) in [5.74, 6) is 0.883. The van der Waals surface area contributed by atoms with E-state index in [1.54, 1.807) is 6.26 Å². The zero-order valence-corrected chi connectivity index (χ0v) is 16.7. The molecule has 2 atom stereocenters. The second-order valence-corrected chi connectivity index (χ2v) is 8.45. The van der Waals surface area contributed by atoms with Crippen LogP contribution >= 0.6 is 11.8 Å². The average Bonchev–Trinajstić information content (AvgIpc) is 3.18. The third-order valence-electron chi connectivity index (χ3n) is 4.96. The topological polar surface area (TPSA) is 45.5 Å². The summed E-state index contributed by atoms with van der Waals surface area (Å²) >= 11 is 1.84. The van der Waals surface area contributed by atoms with Crippen molar-refractivity contribution < 1.29 is 9.21 Å². The number of thioether (sulfide) groups is 1. The van der Waals surface area contributed by atoms with Gasteiger partial charge in [0, 0.05) is 16.7 Å². The molecule has 0 saturated heterocycles. The highest BCUT2D eigenvalue weighted by Crippen LogP contribution is 2.37. The van der Waals surface area contributed by atoms with E-state index in [0.717, 1.165) is 30.0 Å². The number of hydrogen-bond acceptors (Lipinski definition) is 4. The Morgan fingerprint density at radius 3 is 2.71 bits per heavy atom. The largest absolute Gasteiger partial charge is 0.467 e. The summed E-state index contributed by atoms with van der Waals surface area (Å²) in [7, 11) is 0. The van der Waals surface area contributed by atoms with Gasteiger partial charge in [-0.1, -0.05) is 49.4 Å². The lowest BCUT2D eigenvalue weighted by Crippen LogP contribution is -2.40. The third kappa shape index (κ3) is 4.16. The van der Waals surface area contributed by atoms with Crippen molar-refractivity contribution in [2.75, 3.05) is 18.0 Å². The first-order valence-corrected chi connectivity index (χ1v) is 10.5. The van der Waals surface area contributed by atoms with E-state index < -0.39 is 0 Å². The van der Waals surface area contributed by atoms with Crippen molar-refractivity contribution >= 4 is 23.4 Å². The average molecular weight is 393 g/mol. The number of carbonyl (C=O) groups excluding carboxylic acids is 1. The van der Waals surface area contributed by atoms with Crippen LogP contribution in [-0.4, -0.2) is 24.2 Å². The molecule has 1 N–H and O–H groups in total. The molecule has 0 bridgehead atoms. The Bertz CT molecular complexity index is 911. The van der Waals surface area contributed by atoms with Crippen LogP contribution in [0.1, 0.15) is 30.7 Å². The van der Waals surface area contributed by atoms with Crippen molar-refractivity contribution in [1.29, 1.82) is 0 Å². The van der Waals surface area contributed by atoms with Crippen molar-refractivity contribution in [3.63, 3.8) is 0 Å². The standard InChI is InChI=1S/C23H24N2O2S/c1-17-13-14-25(19-10-5-6-12-21(19)28-17)22(26)16-24-23(20-11-7-15-27-20)18-8-3-2-4-9-18/h2-12,15,17,23-24H,13-14,16H2,1H3/t17-,23-/m0/s1. The number of furan rings is 1. The molecular formula is C23H24N2O2S. The molecule has 1 aliphatic heterocycles. The maximum Gasteiger partial charge on any atom is 0.241 e. The van der Waals surface area contributed by atoms with Gasteiger partial charge in [0.25, 0.3) is 0 Å². The summed E-state index contributed by atoms with van der Waals surface area (Å²) in [6, 6.07) is 21.9. The number of hydrogen-bond donors (Lipinski definition) is 1. The zero-order valence-electron chi connectivity index (χ0n) is 15.9. The van der Waals surface area contributed by atoms with E-state index in [1.165, 1.54) is 4.90 Å². The predicted octanol–water partition coefficient (Wildman–Crippen LogP) is 4.88. The summed E-state index contributed by atoms with van der Waals surface area (Å²) in [5, 5.41) is 3.90. The fourth-order valence-electron chi connectivity index (χ4n) is 3.51. The molecule has 1 aromatic heterocycles. The minimum absolute atomic E-state index is 0.0784. The fraction of sp³-hybridized carbons (Fsp3) is 0.261. The Balaban J connectivity index is 1.53. The van der Waals surface area contributed by atoms with Crippen molar-refractivity contribution in [2.24, 2.45) is 0 Å². The van der Waals surface area contributed by atoms with Gasteiger partial charge in [0.15, 0.2) is 0 Å². The SMILES string of the molecule is C[C@H]1CCN(C(=O)CN[C@@H](c2ccccc2)c2ccco2)c2ccccc2S1. The molecular weight excluding hydrogens is 368 g/mol. The number of nitrogens with zero attached hydrogens (tertiary/aromatic N) is 1. The molecule has 1 aliphatic rings. The van der Waals surface area contributed by atoms with Gasteiger partial charge in [-0.15, -0.1) is 11.8 Å². The summed E-state index contributed by atoms with van der Waals surface area (Å²) in [6.07, 6.45) is 2.64. The van der Waals surface area contributed by atoms with E-state index in [0.29, 0.717) is 5.25 Å². The van der Waals surface area contributed by atoms with Crippen LogP contribution in [0.25, 0.3) is 0 Å². The fourth-order valence-corrected chi connectivity index (χ4v) is 4.63. The van der Waals surface area contributed by atoms with Gasteiger partial charge in [-0.3, -0.25) is 10.1 Å². The minimum Gasteiger partial charge on any atom is -0.467 e. The number of nitrogens with one attached hydrogen (secondary N) is 1. The highest BCUT2D eigenvalue weighted by atomic mass is 32.2. The smallest absolute Gasteiger partial charge is 0.241 e. The van der Waals surface area contributed by atoms with Crippen LogP contribution < -0.4 is 10.2 Å². The van der Waals surface area contributed by atoms with Gasteiger partial charge in [-0.25, -0.2) is 0 Å². The van der Waals surface area contributed by atoms with E-state index in [2.05, 4.69) is 18.3 Å². The molecule has 0 saturated carbocycles. The second-order valence-electron chi connectivity index (χ2n) is 6.97. The Labute approximate surface area is 169 Å². The summed E-state index contributed by atoms with van der Waals surface area (Å²) < 4.78 is 5.63. The van der Waals surface area contributed by atoms with Gasteiger partial charge in [0.2, 0.25) is 5.91 Å². The molecule has 0 spiro atoms. The normalized spacial score (nSPS) is 17.6. The Morgan fingerprint density at radius 2 is 1.93 bits per heavy atom. The first kappa shape index (κ1) is 18.8. The maximum absolute atomic E-state index is 13.1. The molecule has 4 nitrogen and oxygen atoms in total. The van der Waals surface area contributed by atoms with Crippen LogP contribution in [0.4, 0.5) is 5.69 Å². The lowest BCUT2D eigenvalue weighted by molar-refractivity contribution is -0.117. The van der Waals surface area contributed by atoms with Crippen molar-refractivity contribution in [1.82, 2.24) is 5.32 Å². The summed E-state index contributed by atoms with van der Waals surface area (Å²) in [5.41, 5.74) is 2.09. The molecule has 3 aromatic rings. The van der Waals surface area contributed by atoms with E-state index in [-0.39, 0.29) is 18.5 Å². The molecule has 1 amide bonds. The van der Waals surface area contributed by atoms with Gasteiger partial charge in [-0.05, 0) is 36.2 Å². The zero-order chi connectivity index (χ0) is 19.3. The lowest BCUT2D eigenvalue weighted by atomic mass is 10.0. The first-order valence-electron chi connectivity index (χ1n) is 9.60. The molecule has 5 heteroatoms. The summed E-state index contributed by atoms with van der Waals surface area (Å²) in [4.78, 5) is 16.2. The van der Waals surface area contributed by atoms with Crippen LogP contribution in [0.15, 0.2) is 82.3 Å². The number of fused-ring (bicyclic) bond motifs is 1.